The smallest absolute Gasteiger partial charge is 0.308 e. The number of methoxy groups -OCH3 is 1. The zero-order valence-electron chi connectivity index (χ0n) is 12.6. The first-order valence-electron chi connectivity index (χ1n) is 7.01. The minimum atomic E-state index is -3.48. The largest absolute Gasteiger partial charge is 0.469 e. The minimum Gasteiger partial charge on any atom is -0.469 e. The monoisotopic (exact) mass is 311 g/mol. The van der Waals surface area contributed by atoms with Gasteiger partial charge in [-0.2, -0.15) is 4.31 Å². The molecule has 1 aliphatic rings. The lowest BCUT2D eigenvalue weighted by molar-refractivity contribution is -0.146. The van der Waals surface area contributed by atoms with Crippen molar-refractivity contribution in [2.45, 2.75) is 31.6 Å². The van der Waals surface area contributed by atoms with Gasteiger partial charge in [0.2, 0.25) is 10.0 Å². The molecular weight excluding hydrogens is 290 g/mol. The van der Waals surface area contributed by atoms with Crippen LogP contribution in [0.15, 0.2) is 23.1 Å². The summed E-state index contributed by atoms with van der Waals surface area (Å²) in [6, 6.07) is 5.33. The number of hydrogen-bond donors (Lipinski definition) is 0. The Labute approximate surface area is 126 Å². The summed E-state index contributed by atoms with van der Waals surface area (Å²) in [5.74, 6) is -0.445. The zero-order chi connectivity index (χ0) is 15.6. The molecule has 2 rings (SSSR count). The van der Waals surface area contributed by atoms with E-state index in [0.29, 0.717) is 30.8 Å². The maximum atomic E-state index is 12.7. The average Bonchev–Trinajstić information content (AvgIpc) is 2.46. The Bertz CT molecular complexity index is 631. The Balaban J connectivity index is 2.17. The maximum absolute atomic E-state index is 12.7. The fourth-order valence-electron chi connectivity index (χ4n) is 2.73. The van der Waals surface area contributed by atoms with Gasteiger partial charge in [0, 0.05) is 13.1 Å². The number of esters is 1. The van der Waals surface area contributed by atoms with E-state index in [1.165, 1.54) is 11.4 Å². The lowest BCUT2D eigenvalue weighted by Gasteiger charge is -2.30. The second kappa shape index (κ2) is 6.15. The first-order chi connectivity index (χ1) is 9.86. The number of hydrogen-bond acceptors (Lipinski definition) is 4. The van der Waals surface area contributed by atoms with Crippen LogP contribution < -0.4 is 0 Å². The summed E-state index contributed by atoms with van der Waals surface area (Å²) in [5, 5.41) is 0. The number of nitrogens with zero attached hydrogens (tertiary/aromatic N) is 1. The third kappa shape index (κ3) is 3.27. The lowest BCUT2D eigenvalue weighted by atomic mass is 9.99. The average molecular weight is 311 g/mol. The van der Waals surface area contributed by atoms with Crippen molar-refractivity contribution < 1.29 is 17.9 Å². The number of piperidine rings is 1. The van der Waals surface area contributed by atoms with Crippen LogP contribution in [0.25, 0.3) is 0 Å². The molecule has 1 aromatic carbocycles. The molecule has 0 N–H and O–H groups in total. The van der Waals surface area contributed by atoms with Gasteiger partial charge in [0.1, 0.15) is 0 Å². The summed E-state index contributed by atoms with van der Waals surface area (Å²) in [6.07, 6.45) is 1.02. The van der Waals surface area contributed by atoms with Crippen molar-refractivity contribution in [1.29, 1.82) is 0 Å². The highest BCUT2D eigenvalue weighted by atomic mass is 32.2. The third-order valence-corrected chi connectivity index (χ3v) is 6.00. The van der Waals surface area contributed by atoms with Crippen molar-refractivity contribution in [1.82, 2.24) is 4.31 Å². The molecule has 0 aromatic heterocycles. The standard InChI is InChI=1S/C15H21NO4S/c1-11-4-5-14(12(2)10-11)21(18,19)16-8-6-13(7-9-16)15(17)20-3/h4-5,10,13H,6-9H2,1-3H3. The van der Waals surface area contributed by atoms with Gasteiger partial charge in [-0.3, -0.25) is 4.79 Å². The van der Waals surface area contributed by atoms with Crippen LogP contribution in [-0.2, 0) is 19.6 Å². The lowest BCUT2D eigenvalue weighted by Crippen LogP contribution is -2.40. The molecule has 0 amide bonds. The predicted molar refractivity (Wildman–Crippen MR) is 79.4 cm³/mol. The molecule has 0 spiro atoms. The molecule has 0 atom stereocenters. The van der Waals surface area contributed by atoms with Crippen LogP contribution in [0.3, 0.4) is 0 Å². The van der Waals surface area contributed by atoms with E-state index in [9.17, 15) is 13.2 Å². The Morgan fingerprint density at radius 1 is 1.24 bits per heavy atom. The van der Waals surface area contributed by atoms with Gasteiger partial charge in [-0.05, 0) is 38.3 Å². The molecule has 0 aliphatic carbocycles. The van der Waals surface area contributed by atoms with Crippen molar-refractivity contribution in [2.75, 3.05) is 20.2 Å². The van der Waals surface area contributed by atoms with Crippen molar-refractivity contribution in [3.8, 4) is 0 Å². The molecule has 6 heteroatoms. The van der Waals surface area contributed by atoms with Crippen molar-refractivity contribution in [3.05, 3.63) is 29.3 Å². The molecule has 1 saturated heterocycles. The molecule has 0 radical (unpaired) electrons. The first-order valence-corrected chi connectivity index (χ1v) is 8.45. The Kier molecular flexibility index (Phi) is 4.68. The predicted octanol–water partition coefficient (Wildman–Crippen LogP) is 1.88. The van der Waals surface area contributed by atoms with E-state index >= 15 is 0 Å². The van der Waals surface area contributed by atoms with E-state index in [-0.39, 0.29) is 11.9 Å². The number of sulfonamides is 1. The van der Waals surface area contributed by atoms with Crippen LogP contribution in [0.5, 0.6) is 0 Å². The van der Waals surface area contributed by atoms with E-state index in [0.717, 1.165) is 11.1 Å². The molecule has 1 aliphatic heterocycles. The molecule has 0 bridgehead atoms. The van der Waals surface area contributed by atoms with E-state index in [1.54, 1.807) is 19.1 Å². The highest BCUT2D eigenvalue weighted by Crippen LogP contribution is 2.26. The highest BCUT2D eigenvalue weighted by molar-refractivity contribution is 7.89. The van der Waals surface area contributed by atoms with Crippen LogP contribution in [0.1, 0.15) is 24.0 Å². The van der Waals surface area contributed by atoms with E-state index in [2.05, 4.69) is 0 Å². The summed E-state index contributed by atoms with van der Waals surface area (Å²) in [5.41, 5.74) is 1.79. The summed E-state index contributed by atoms with van der Waals surface area (Å²) in [6.45, 7) is 4.46. The van der Waals surface area contributed by atoms with E-state index in [1.807, 2.05) is 13.0 Å². The van der Waals surface area contributed by atoms with Gasteiger partial charge in [0.25, 0.3) is 0 Å². The number of carbonyl (C=O) groups excluding carboxylic acids is 1. The normalized spacial score (nSPS) is 17.7. The van der Waals surface area contributed by atoms with Crippen LogP contribution >= 0.6 is 0 Å². The maximum Gasteiger partial charge on any atom is 0.308 e. The molecular formula is C15H21NO4S. The number of rotatable bonds is 3. The van der Waals surface area contributed by atoms with Crippen LogP contribution in [0.4, 0.5) is 0 Å². The fourth-order valence-corrected chi connectivity index (χ4v) is 4.40. The number of aryl methyl sites for hydroxylation is 2. The Morgan fingerprint density at radius 3 is 2.38 bits per heavy atom. The highest BCUT2D eigenvalue weighted by Gasteiger charge is 2.33. The first kappa shape index (κ1) is 16.0. The van der Waals surface area contributed by atoms with Crippen molar-refractivity contribution in [2.24, 2.45) is 5.92 Å². The van der Waals surface area contributed by atoms with Gasteiger partial charge in [0.05, 0.1) is 17.9 Å². The van der Waals surface area contributed by atoms with Gasteiger partial charge in [-0.25, -0.2) is 8.42 Å². The molecule has 21 heavy (non-hydrogen) atoms. The van der Waals surface area contributed by atoms with Gasteiger partial charge in [0.15, 0.2) is 0 Å². The summed E-state index contributed by atoms with van der Waals surface area (Å²) in [4.78, 5) is 11.8. The summed E-state index contributed by atoms with van der Waals surface area (Å²) < 4.78 is 31.5. The van der Waals surface area contributed by atoms with E-state index < -0.39 is 10.0 Å². The van der Waals surface area contributed by atoms with Crippen molar-refractivity contribution in [3.63, 3.8) is 0 Å². The topological polar surface area (TPSA) is 63.7 Å². The van der Waals surface area contributed by atoms with Crippen LogP contribution in [-0.4, -0.2) is 38.9 Å². The quantitative estimate of drug-likeness (QED) is 0.800. The second-order valence-corrected chi connectivity index (χ2v) is 7.38. The number of carbonyl (C=O) groups is 1. The molecule has 1 heterocycles. The molecule has 1 fully saturated rings. The Hall–Kier alpha value is -1.40. The third-order valence-electron chi connectivity index (χ3n) is 3.94. The molecule has 1 aromatic rings. The van der Waals surface area contributed by atoms with E-state index in [4.69, 9.17) is 4.74 Å². The van der Waals surface area contributed by atoms with Crippen molar-refractivity contribution >= 4 is 16.0 Å². The summed E-state index contributed by atoms with van der Waals surface area (Å²) >= 11 is 0. The van der Waals surface area contributed by atoms with Crippen LogP contribution in [0, 0.1) is 19.8 Å². The van der Waals surface area contributed by atoms with Gasteiger partial charge in [-0.1, -0.05) is 17.7 Å². The van der Waals surface area contributed by atoms with Crippen LogP contribution in [0.2, 0.25) is 0 Å². The zero-order valence-corrected chi connectivity index (χ0v) is 13.4. The number of benzene rings is 1. The second-order valence-electron chi connectivity index (χ2n) is 5.47. The molecule has 116 valence electrons. The van der Waals surface area contributed by atoms with Gasteiger partial charge >= 0.3 is 5.97 Å². The van der Waals surface area contributed by atoms with Gasteiger partial charge in [-0.15, -0.1) is 0 Å². The molecule has 0 unspecified atom stereocenters. The SMILES string of the molecule is COC(=O)C1CCN(S(=O)(=O)c2ccc(C)cc2C)CC1. The minimum absolute atomic E-state index is 0.194. The number of ether oxygens (including phenoxy) is 1. The Morgan fingerprint density at radius 2 is 1.86 bits per heavy atom. The van der Waals surface area contributed by atoms with Gasteiger partial charge < -0.3 is 4.74 Å². The molecule has 0 saturated carbocycles. The summed E-state index contributed by atoms with van der Waals surface area (Å²) in [7, 11) is -2.12. The fraction of sp³-hybridized carbons (Fsp3) is 0.533. The molecule has 5 nitrogen and oxygen atoms in total.